The molecule has 0 fully saturated rings. The van der Waals surface area contributed by atoms with Crippen molar-refractivity contribution in [3.8, 4) is 29.0 Å². The third kappa shape index (κ3) is 4.05. The minimum absolute atomic E-state index is 0.250. The normalized spacial score (nSPS) is 10.5. The van der Waals surface area contributed by atoms with Crippen molar-refractivity contribution >= 4 is 17.0 Å². The van der Waals surface area contributed by atoms with Gasteiger partial charge in [-0.1, -0.05) is 18.2 Å². The molecular formula is C24H19N3O4. The first kappa shape index (κ1) is 20.0. The zero-order valence-electron chi connectivity index (χ0n) is 17.0. The van der Waals surface area contributed by atoms with Crippen molar-refractivity contribution in [2.45, 2.75) is 6.61 Å². The van der Waals surface area contributed by atoms with Crippen LogP contribution in [0.15, 0.2) is 60.7 Å². The lowest BCUT2D eigenvalue weighted by molar-refractivity contribution is 0.0601. The predicted octanol–water partition coefficient (Wildman–Crippen LogP) is 4.48. The number of fused-ring (bicyclic) bond motifs is 1. The number of methoxy groups -OCH3 is 2. The van der Waals surface area contributed by atoms with Crippen LogP contribution >= 0.6 is 0 Å². The van der Waals surface area contributed by atoms with Gasteiger partial charge < -0.3 is 19.2 Å². The predicted molar refractivity (Wildman–Crippen MR) is 115 cm³/mol. The van der Waals surface area contributed by atoms with Crippen molar-refractivity contribution in [3.05, 3.63) is 77.4 Å². The van der Waals surface area contributed by atoms with E-state index >= 15 is 0 Å². The quantitative estimate of drug-likeness (QED) is 0.468. The first-order valence-electron chi connectivity index (χ1n) is 9.50. The van der Waals surface area contributed by atoms with Gasteiger partial charge >= 0.3 is 5.97 Å². The Labute approximate surface area is 178 Å². The molecule has 154 valence electrons. The third-order valence-electron chi connectivity index (χ3n) is 4.86. The number of imidazole rings is 1. The highest BCUT2D eigenvalue weighted by Gasteiger charge is 2.13. The summed E-state index contributed by atoms with van der Waals surface area (Å²) in [5.74, 6) is 1.33. The average molecular weight is 413 g/mol. The Morgan fingerprint density at radius 1 is 1.06 bits per heavy atom. The molecule has 7 heteroatoms. The summed E-state index contributed by atoms with van der Waals surface area (Å²) >= 11 is 0. The van der Waals surface area contributed by atoms with E-state index < -0.39 is 5.97 Å². The molecule has 31 heavy (non-hydrogen) atoms. The van der Waals surface area contributed by atoms with Gasteiger partial charge in [0.25, 0.3) is 0 Å². The molecule has 0 bridgehead atoms. The number of carbonyl (C=O) groups is 1. The monoisotopic (exact) mass is 413 g/mol. The van der Waals surface area contributed by atoms with E-state index in [2.05, 4.69) is 16.0 Å². The molecule has 0 amide bonds. The summed E-state index contributed by atoms with van der Waals surface area (Å²) in [5.41, 5.74) is 4.09. The van der Waals surface area contributed by atoms with Gasteiger partial charge in [-0.3, -0.25) is 0 Å². The first-order valence-corrected chi connectivity index (χ1v) is 9.50. The van der Waals surface area contributed by atoms with Crippen molar-refractivity contribution in [1.82, 2.24) is 9.97 Å². The molecule has 1 aromatic heterocycles. The van der Waals surface area contributed by atoms with Gasteiger partial charge in [-0.15, -0.1) is 0 Å². The van der Waals surface area contributed by atoms with Gasteiger partial charge in [0, 0.05) is 11.1 Å². The molecule has 0 radical (unpaired) electrons. The number of rotatable bonds is 6. The van der Waals surface area contributed by atoms with Crippen LogP contribution in [0.5, 0.6) is 11.5 Å². The number of H-pyrrole nitrogens is 1. The molecule has 7 nitrogen and oxygen atoms in total. The molecule has 0 unspecified atom stereocenters. The molecular weight excluding hydrogens is 394 g/mol. The largest absolute Gasteiger partial charge is 0.493 e. The zero-order valence-corrected chi connectivity index (χ0v) is 17.0. The summed E-state index contributed by atoms with van der Waals surface area (Å²) in [6, 6.07) is 20.1. The molecule has 4 rings (SSSR count). The van der Waals surface area contributed by atoms with Crippen LogP contribution in [0.1, 0.15) is 21.5 Å². The van der Waals surface area contributed by atoms with Crippen LogP contribution in [-0.2, 0) is 11.3 Å². The van der Waals surface area contributed by atoms with Crippen LogP contribution < -0.4 is 9.47 Å². The molecule has 1 heterocycles. The van der Waals surface area contributed by atoms with Crippen molar-refractivity contribution in [1.29, 1.82) is 5.26 Å². The van der Waals surface area contributed by atoms with Crippen molar-refractivity contribution < 1.29 is 19.0 Å². The minimum Gasteiger partial charge on any atom is -0.493 e. The molecule has 0 saturated carbocycles. The number of ether oxygens (including phenoxy) is 3. The summed E-state index contributed by atoms with van der Waals surface area (Å²) in [5, 5.41) is 9.23. The number of nitriles is 1. The number of aromatic nitrogens is 2. The second-order valence-corrected chi connectivity index (χ2v) is 6.73. The lowest BCUT2D eigenvalue weighted by Gasteiger charge is -2.12. The molecule has 0 atom stereocenters. The van der Waals surface area contributed by atoms with Crippen molar-refractivity contribution in [2.24, 2.45) is 0 Å². The van der Waals surface area contributed by atoms with E-state index in [-0.39, 0.29) is 6.61 Å². The number of nitrogens with one attached hydrogen (secondary N) is 1. The van der Waals surface area contributed by atoms with E-state index in [1.165, 1.54) is 7.11 Å². The Bertz CT molecular complexity index is 1300. The van der Waals surface area contributed by atoms with E-state index in [1.807, 2.05) is 30.3 Å². The van der Waals surface area contributed by atoms with Crippen molar-refractivity contribution in [3.63, 3.8) is 0 Å². The van der Waals surface area contributed by atoms with Crippen LogP contribution in [0.25, 0.3) is 22.4 Å². The summed E-state index contributed by atoms with van der Waals surface area (Å²) < 4.78 is 16.2. The molecule has 0 aliphatic carbocycles. The maximum atomic E-state index is 11.8. The Balaban J connectivity index is 1.60. The van der Waals surface area contributed by atoms with Gasteiger partial charge in [-0.2, -0.15) is 5.26 Å². The number of nitrogens with zero attached hydrogens (tertiary/aromatic N) is 2. The molecule has 0 spiro atoms. The minimum atomic E-state index is -0.404. The fraction of sp³-hybridized carbons (Fsp3) is 0.125. The van der Waals surface area contributed by atoms with E-state index in [9.17, 15) is 10.1 Å². The summed E-state index contributed by atoms with van der Waals surface area (Å²) in [6.07, 6.45) is 0. The fourth-order valence-corrected chi connectivity index (χ4v) is 3.24. The van der Waals surface area contributed by atoms with E-state index in [0.29, 0.717) is 28.5 Å². The summed E-state index contributed by atoms with van der Waals surface area (Å²) in [7, 11) is 2.91. The fourth-order valence-electron chi connectivity index (χ4n) is 3.24. The molecule has 1 N–H and O–H groups in total. The number of esters is 1. The first-order chi connectivity index (χ1) is 15.1. The van der Waals surface area contributed by atoms with Crippen LogP contribution in [0.4, 0.5) is 0 Å². The highest BCUT2D eigenvalue weighted by Crippen LogP contribution is 2.33. The second-order valence-electron chi connectivity index (χ2n) is 6.73. The molecule has 0 saturated heterocycles. The Hall–Kier alpha value is -4.31. The van der Waals surface area contributed by atoms with Crippen LogP contribution in [-0.4, -0.2) is 30.2 Å². The maximum absolute atomic E-state index is 11.8. The lowest BCUT2D eigenvalue weighted by atomic mass is 10.1. The summed E-state index contributed by atoms with van der Waals surface area (Å²) in [4.78, 5) is 19.6. The number of hydrogen-bond donors (Lipinski definition) is 1. The van der Waals surface area contributed by atoms with Crippen LogP contribution in [0.3, 0.4) is 0 Å². The summed E-state index contributed by atoms with van der Waals surface area (Å²) in [6.45, 7) is 0.250. The van der Waals surface area contributed by atoms with E-state index in [0.717, 1.165) is 22.2 Å². The molecule has 4 aromatic rings. The highest BCUT2D eigenvalue weighted by atomic mass is 16.5. The third-order valence-corrected chi connectivity index (χ3v) is 4.86. The SMILES string of the molecule is COC(=O)c1ccc2nc(-c3ccc(OCc4ccccc4C#N)c(OC)c3)[nH]c2c1. The number of aromatic amines is 1. The zero-order chi connectivity index (χ0) is 21.8. The van der Waals surface area contributed by atoms with Crippen molar-refractivity contribution in [2.75, 3.05) is 14.2 Å². The molecule has 0 aliphatic heterocycles. The van der Waals surface area contributed by atoms with E-state index in [4.69, 9.17) is 14.2 Å². The number of benzene rings is 3. The smallest absolute Gasteiger partial charge is 0.337 e. The van der Waals surface area contributed by atoms with E-state index in [1.54, 1.807) is 37.4 Å². The van der Waals surface area contributed by atoms with Gasteiger partial charge in [-0.25, -0.2) is 9.78 Å². The number of hydrogen-bond acceptors (Lipinski definition) is 6. The lowest BCUT2D eigenvalue weighted by Crippen LogP contribution is -2.00. The molecule has 0 aliphatic rings. The van der Waals surface area contributed by atoms with Gasteiger partial charge in [-0.05, 0) is 42.5 Å². The topological polar surface area (TPSA) is 97.2 Å². The maximum Gasteiger partial charge on any atom is 0.337 e. The van der Waals surface area contributed by atoms with Crippen LogP contribution in [0, 0.1) is 11.3 Å². The Morgan fingerprint density at radius 3 is 2.68 bits per heavy atom. The van der Waals surface area contributed by atoms with Gasteiger partial charge in [0.2, 0.25) is 0 Å². The highest BCUT2D eigenvalue weighted by molar-refractivity contribution is 5.94. The number of carbonyl (C=O) groups excluding carboxylic acids is 1. The van der Waals surface area contributed by atoms with Gasteiger partial charge in [0.05, 0.1) is 42.4 Å². The Morgan fingerprint density at radius 2 is 1.90 bits per heavy atom. The van der Waals surface area contributed by atoms with Gasteiger partial charge in [0.15, 0.2) is 11.5 Å². The molecule has 3 aromatic carbocycles. The standard InChI is InChI=1S/C24H19N3O4/c1-29-22-12-15(8-10-21(22)31-14-18-6-4-3-5-17(18)13-25)23-26-19-9-7-16(24(28)30-2)11-20(19)27-23/h3-12H,14H2,1-2H3,(H,26,27). The Kier molecular flexibility index (Phi) is 5.54. The average Bonchev–Trinajstić information content (AvgIpc) is 3.25. The van der Waals surface area contributed by atoms with Gasteiger partial charge in [0.1, 0.15) is 12.4 Å². The second kappa shape index (κ2) is 8.59. The van der Waals surface area contributed by atoms with Crippen LogP contribution in [0.2, 0.25) is 0 Å².